The fourth-order valence-electron chi connectivity index (χ4n) is 2.83. The van der Waals surface area contributed by atoms with Crippen molar-refractivity contribution in [2.45, 2.75) is 31.3 Å². The van der Waals surface area contributed by atoms with Crippen molar-refractivity contribution in [3.63, 3.8) is 0 Å². The fourth-order valence-corrected chi connectivity index (χ4v) is 3.22. The molecule has 0 saturated heterocycles. The molecule has 0 amide bonds. The molecule has 0 saturated carbocycles. The van der Waals surface area contributed by atoms with Crippen LogP contribution in [0.2, 0.25) is 0 Å². The van der Waals surface area contributed by atoms with E-state index < -0.39 is 0 Å². The highest BCUT2D eigenvalue weighted by Gasteiger charge is 2.30. The van der Waals surface area contributed by atoms with Gasteiger partial charge in [0.1, 0.15) is 0 Å². The number of benzene rings is 1. The minimum Gasteiger partial charge on any atom is -0.303 e. The van der Waals surface area contributed by atoms with Crippen LogP contribution >= 0.6 is 11.6 Å². The second-order valence-corrected chi connectivity index (χ2v) is 5.74. The Balaban J connectivity index is 1.75. The summed E-state index contributed by atoms with van der Waals surface area (Å²) in [4.78, 5) is 0. The number of halogens is 1. The predicted molar refractivity (Wildman–Crippen MR) is 77.3 cm³/mol. The molecule has 1 aliphatic carbocycles. The Bertz CT molecular complexity index is 591. The summed E-state index contributed by atoms with van der Waals surface area (Å²) in [6.07, 6.45) is 0.944. The Morgan fingerprint density at radius 3 is 2.95 bits per heavy atom. The molecule has 1 aromatic heterocycles. The van der Waals surface area contributed by atoms with Crippen LogP contribution in [0.3, 0.4) is 0 Å². The van der Waals surface area contributed by atoms with Crippen molar-refractivity contribution < 1.29 is 0 Å². The highest BCUT2D eigenvalue weighted by atomic mass is 35.5. The van der Waals surface area contributed by atoms with Gasteiger partial charge in [0.25, 0.3) is 0 Å². The normalized spacial score (nSPS) is 21.6. The Morgan fingerprint density at radius 2 is 2.21 bits per heavy atom. The molecule has 0 spiro atoms. The van der Waals surface area contributed by atoms with E-state index in [9.17, 15) is 0 Å². The largest absolute Gasteiger partial charge is 0.303 e. The van der Waals surface area contributed by atoms with Crippen molar-refractivity contribution in [1.82, 2.24) is 15.1 Å². The Labute approximate surface area is 118 Å². The summed E-state index contributed by atoms with van der Waals surface area (Å²) >= 11 is 6.47. The minimum atomic E-state index is 0.131. The van der Waals surface area contributed by atoms with Gasteiger partial charge in [0, 0.05) is 19.6 Å². The van der Waals surface area contributed by atoms with Crippen molar-refractivity contribution in [3.8, 4) is 0 Å². The van der Waals surface area contributed by atoms with Gasteiger partial charge in [0.05, 0.1) is 16.8 Å². The highest BCUT2D eigenvalue weighted by molar-refractivity contribution is 6.21. The third-order valence-corrected chi connectivity index (χ3v) is 4.18. The lowest BCUT2D eigenvalue weighted by molar-refractivity contribution is 0.517. The standard InChI is InChI=1S/C15H18ClN3/c1-10-7-12(19(2)18-10)9-17-15-13-6-4-3-5-11(13)8-14(15)16/h3-7,14-15,17H,8-9H2,1-2H3. The van der Waals surface area contributed by atoms with Crippen LogP contribution < -0.4 is 5.32 Å². The first-order valence-electron chi connectivity index (χ1n) is 6.60. The maximum Gasteiger partial charge on any atom is 0.0597 e. The molecule has 3 rings (SSSR count). The van der Waals surface area contributed by atoms with Crippen LogP contribution in [0.5, 0.6) is 0 Å². The molecule has 0 bridgehead atoms. The summed E-state index contributed by atoms with van der Waals surface area (Å²) in [5, 5.41) is 8.06. The van der Waals surface area contributed by atoms with Gasteiger partial charge in [-0.1, -0.05) is 24.3 Å². The Morgan fingerprint density at radius 1 is 1.42 bits per heavy atom. The number of hydrogen-bond donors (Lipinski definition) is 1. The predicted octanol–water partition coefficient (Wildman–Crippen LogP) is 2.72. The molecule has 0 radical (unpaired) electrons. The number of hydrogen-bond acceptors (Lipinski definition) is 2. The molecular formula is C15H18ClN3. The number of nitrogens with zero attached hydrogens (tertiary/aromatic N) is 2. The summed E-state index contributed by atoms with van der Waals surface area (Å²) in [6, 6.07) is 10.8. The smallest absolute Gasteiger partial charge is 0.0597 e. The summed E-state index contributed by atoms with van der Waals surface area (Å²) in [6.45, 7) is 2.80. The van der Waals surface area contributed by atoms with Crippen LogP contribution in [0.15, 0.2) is 30.3 Å². The molecular weight excluding hydrogens is 258 g/mol. The lowest BCUT2D eigenvalue weighted by Gasteiger charge is -2.17. The summed E-state index contributed by atoms with van der Waals surface area (Å²) < 4.78 is 1.92. The van der Waals surface area contributed by atoms with E-state index in [1.165, 1.54) is 16.8 Å². The number of aromatic nitrogens is 2. The van der Waals surface area contributed by atoms with Crippen molar-refractivity contribution in [3.05, 3.63) is 52.8 Å². The Hall–Kier alpha value is -1.32. The molecule has 1 heterocycles. The van der Waals surface area contributed by atoms with Gasteiger partial charge in [-0.3, -0.25) is 4.68 Å². The molecule has 100 valence electrons. The van der Waals surface area contributed by atoms with Gasteiger partial charge in [-0.2, -0.15) is 5.10 Å². The minimum absolute atomic E-state index is 0.131. The molecule has 1 aromatic carbocycles. The quantitative estimate of drug-likeness (QED) is 0.873. The van der Waals surface area contributed by atoms with E-state index in [1.807, 2.05) is 18.7 Å². The summed E-state index contributed by atoms with van der Waals surface area (Å²) in [7, 11) is 1.98. The Kier molecular flexibility index (Phi) is 3.33. The van der Waals surface area contributed by atoms with Crippen LogP contribution in [0.1, 0.15) is 28.6 Å². The van der Waals surface area contributed by atoms with Gasteiger partial charge in [-0.25, -0.2) is 0 Å². The zero-order chi connectivity index (χ0) is 13.4. The number of alkyl halides is 1. The number of aryl methyl sites for hydroxylation is 2. The van der Waals surface area contributed by atoms with Crippen molar-refractivity contribution in [1.29, 1.82) is 0 Å². The monoisotopic (exact) mass is 275 g/mol. The SMILES string of the molecule is Cc1cc(CNC2c3ccccc3CC2Cl)n(C)n1. The first-order chi connectivity index (χ1) is 9.15. The van der Waals surface area contributed by atoms with Crippen LogP contribution in [0.25, 0.3) is 0 Å². The molecule has 0 aliphatic heterocycles. The van der Waals surface area contributed by atoms with E-state index in [-0.39, 0.29) is 11.4 Å². The van der Waals surface area contributed by atoms with E-state index in [0.29, 0.717) is 0 Å². The summed E-state index contributed by atoms with van der Waals surface area (Å²) in [5.41, 5.74) is 4.93. The van der Waals surface area contributed by atoms with Crippen molar-refractivity contribution in [2.75, 3.05) is 0 Å². The van der Waals surface area contributed by atoms with Crippen LogP contribution in [0.4, 0.5) is 0 Å². The second-order valence-electron chi connectivity index (χ2n) is 5.18. The number of nitrogens with one attached hydrogen (secondary N) is 1. The third kappa shape index (κ3) is 2.40. The van der Waals surface area contributed by atoms with Crippen LogP contribution in [-0.4, -0.2) is 15.2 Å². The molecule has 1 N–H and O–H groups in total. The highest BCUT2D eigenvalue weighted by Crippen LogP contribution is 2.34. The average molecular weight is 276 g/mol. The third-order valence-electron chi connectivity index (χ3n) is 3.77. The zero-order valence-electron chi connectivity index (χ0n) is 11.2. The van der Waals surface area contributed by atoms with Gasteiger partial charge in [0.2, 0.25) is 0 Å². The number of rotatable bonds is 3. The maximum atomic E-state index is 6.47. The lowest BCUT2D eigenvalue weighted by atomic mass is 10.1. The first-order valence-corrected chi connectivity index (χ1v) is 7.03. The fraction of sp³-hybridized carbons (Fsp3) is 0.400. The van der Waals surface area contributed by atoms with E-state index >= 15 is 0 Å². The number of fused-ring (bicyclic) bond motifs is 1. The lowest BCUT2D eigenvalue weighted by Crippen LogP contribution is -2.26. The molecule has 0 fully saturated rings. The van der Waals surface area contributed by atoms with E-state index in [4.69, 9.17) is 11.6 Å². The summed E-state index contributed by atoms with van der Waals surface area (Å²) in [5.74, 6) is 0. The molecule has 4 heteroatoms. The first kappa shape index (κ1) is 12.7. The zero-order valence-corrected chi connectivity index (χ0v) is 12.0. The van der Waals surface area contributed by atoms with Gasteiger partial charge in [-0.05, 0) is 30.5 Å². The van der Waals surface area contributed by atoms with Gasteiger partial charge < -0.3 is 5.32 Å². The van der Waals surface area contributed by atoms with Crippen molar-refractivity contribution in [2.24, 2.45) is 7.05 Å². The molecule has 2 aromatic rings. The van der Waals surface area contributed by atoms with Crippen LogP contribution in [-0.2, 0) is 20.0 Å². The van der Waals surface area contributed by atoms with E-state index in [2.05, 4.69) is 40.7 Å². The molecule has 2 unspecified atom stereocenters. The molecule has 2 atom stereocenters. The van der Waals surface area contributed by atoms with Crippen molar-refractivity contribution >= 4 is 11.6 Å². The maximum absolute atomic E-state index is 6.47. The van der Waals surface area contributed by atoms with Gasteiger partial charge in [0.15, 0.2) is 0 Å². The second kappa shape index (κ2) is 4.99. The topological polar surface area (TPSA) is 29.9 Å². The molecule has 3 nitrogen and oxygen atoms in total. The van der Waals surface area contributed by atoms with E-state index in [0.717, 1.165) is 18.7 Å². The van der Waals surface area contributed by atoms with Crippen LogP contribution in [0, 0.1) is 6.92 Å². The molecule has 1 aliphatic rings. The molecule has 19 heavy (non-hydrogen) atoms. The average Bonchev–Trinajstić information content (AvgIpc) is 2.86. The van der Waals surface area contributed by atoms with Gasteiger partial charge in [-0.15, -0.1) is 11.6 Å². The van der Waals surface area contributed by atoms with E-state index in [1.54, 1.807) is 0 Å². The van der Waals surface area contributed by atoms with Gasteiger partial charge >= 0.3 is 0 Å².